The van der Waals surface area contributed by atoms with Crippen molar-refractivity contribution in [2.45, 2.75) is 29.9 Å². The van der Waals surface area contributed by atoms with Crippen LogP contribution in [-0.4, -0.2) is 28.8 Å². The van der Waals surface area contributed by atoms with Gasteiger partial charge in [-0.25, -0.2) is 0 Å². The predicted octanol–water partition coefficient (Wildman–Crippen LogP) is 1.51. The summed E-state index contributed by atoms with van der Waals surface area (Å²) in [5.74, 6) is 0. The van der Waals surface area contributed by atoms with Crippen LogP contribution >= 0.6 is 15.9 Å². The number of rotatable bonds is 2. The summed E-state index contributed by atoms with van der Waals surface area (Å²) in [6, 6.07) is 0. The highest BCUT2D eigenvalue weighted by Crippen LogP contribution is 2.32. The molecule has 0 bridgehead atoms. The molecule has 5 heteroatoms. The average molecular weight is 231 g/mol. The second kappa shape index (κ2) is 3.33. The van der Waals surface area contributed by atoms with Crippen molar-refractivity contribution in [2.75, 3.05) is 6.61 Å². The Bertz CT molecular complexity index is 131. The van der Waals surface area contributed by atoms with Gasteiger partial charge in [0.15, 0.2) is 6.10 Å². The van der Waals surface area contributed by atoms with Crippen molar-refractivity contribution in [2.24, 2.45) is 0 Å². The molecule has 66 valence electrons. The van der Waals surface area contributed by atoms with Gasteiger partial charge in [-0.05, 0) is 28.8 Å². The summed E-state index contributed by atoms with van der Waals surface area (Å²) in [6.07, 6.45) is -1.21. The van der Waals surface area contributed by atoms with Gasteiger partial charge in [-0.15, -0.1) is 0 Å². The van der Waals surface area contributed by atoms with Gasteiger partial charge in [-0.3, -0.25) is 0 Å². The highest BCUT2D eigenvalue weighted by Gasteiger charge is 2.42. The number of alkyl halides is 3. The minimum absolute atomic E-state index is 0.463. The molecule has 1 rings (SSSR count). The van der Waals surface area contributed by atoms with Crippen LogP contribution in [-0.2, 0) is 4.74 Å². The lowest BCUT2D eigenvalue weighted by Gasteiger charge is -2.21. The Morgan fingerprint density at radius 3 is 2.64 bits per heavy atom. The Morgan fingerprint density at radius 2 is 2.27 bits per heavy atom. The molecule has 0 saturated carbocycles. The molecule has 0 amide bonds. The quantitative estimate of drug-likeness (QED) is 0.730. The van der Waals surface area contributed by atoms with Gasteiger partial charge in [0.1, 0.15) is 0 Å². The molecule has 2 nitrogen and oxygen atoms in total. The summed E-state index contributed by atoms with van der Waals surface area (Å²) in [5.41, 5.74) is 0. The SMILES string of the molecule is OC(C1CCCO1)C(F)(F)Br. The fourth-order valence-electron chi connectivity index (χ4n) is 1.06. The van der Waals surface area contributed by atoms with Gasteiger partial charge in [0.25, 0.3) is 0 Å². The molecule has 1 aliphatic heterocycles. The van der Waals surface area contributed by atoms with Gasteiger partial charge in [0, 0.05) is 6.61 Å². The molecule has 2 unspecified atom stereocenters. The Labute approximate surface area is 71.7 Å². The number of hydrogen-bond donors (Lipinski definition) is 1. The maximum atomic E-state index is 12.4. The number of aliphatic hydroxyl groups excluding tert-OH is 1. The van der Waals surface area contributed by atoms with E-state index >= 15 is 0 Å². The zero-order chi connectivity index (χ0) is 8.48. The standard InChI is InChI=1S/C6H9BrF2O2/c7-6(8,9)5(10)4-2-1-3-11-4/h4-5,10H,1-3H2. The normalized spacial score (nSPS) is 28.9. The molecule has 11 heavy (non-hydrogen) atoms. The van der Waals surface area contributed by atoms with Crippen molar-refractivity contribution in [3.8, 4) is 0 Å². The van der Waals surface area contributed by atoms with Crippen LogP contribution in [0.1, 0.15) is 12.8 Å². The third-order valence-electron chi connectivity index (χ3n) is 1.65. The minimum atomic E-state index is -3.23. The van der Waals surface area contributed by atoms with E-state index in [0.717, 1.165) is 6.42 Å². The number of aliphatic hydroxyl groups is 1. The van der Waals surface area contributed by atoms with E-state index in [-0.39, 0.29) is 0 Å². The molecule has 1 saturated heterocycles. The lowest BCUT2D eigenvalue weighted by Crippen LogP contribution is -2.38. The minimum Gasteiger partial charge on any atom is -0.383 e. The highest BCUT2D eigenvalue weighted by molar-refractivity contribution is 9.10. The van der Waals surface area contributed by atoms with Crippen LogP contribution in [0.5, 0.6) is 0 Å². The highest BCUT2D eigenvalue weighted by atomic mass is 79.9. The van der Waals surface area contributed by atoms with Crippen LogP contribution in [0.2, 0.25) is 0 Å². The largest absolute Gasteiger partial charge is 0.383 e. The Balaban J connectivity index is 2.46. The molecule has 0 radical (unpaired) electrons. The van der Waals surface area contributed by atoms with Gasteiger partial charge < -0.3 is 9.84 Å². The van der Waals surface area contributed by atoms with E-state index in [2.05, 4.69) is 15.9 Å². The van der Waals surface area contributed by atoms with Crippen LogP contribution in [0.25, 0.3) is 0 Å². The molecule has 0 aromatic carbocycles. The topological polar surface area (TPSA) is 29.5 Å². The lowest BCUT2D eigenvalue weighted by molar-refractivity contribution is -0.0977. The fourth-order valence-corrected chi connectivity index (χ4v) is 1.36. The molecule has 1 heterocycles. The summed E-state index contributed by atoms with van der Waals surface area (Å²) in [6.45, 7) is 0.463. The molecule has 0 aromatic rings. The molecule has 1 fully saturated rings. The van der Waals surface area contributed by atoms with Crippen LogP contribution in [0.15, 0.2) is 0 Å². The van der Waals surface area contributed by atoms with Crippen LogP contribution in [0.3, 0.4) is 0 Å². The molecule has 2 atom stereocenters. The third kappa shape index (κ3) is 2.35. The van der Waals surface area contributed by atoms with Crippen LogP contribution < -0.4 is 0 Å². The second-order valence-corrected chi connectivity index (χ2v) is 3.60. The van der Waals surface area contributed by atoms with Crippen molar-refractivity contribution in [1.29, 1.82) is 0 Å². The fraction of sp³-hybridized carbons (Fsp3) is 1.00. The first kappa shape index (κ1) is 9.35. The molecular weight excluding hydrogens is 222 g/mol. The first-order valence-corrected chi connectivity index (χ1v) is 4.17. The second-order valence-electron chi connectivity index (χ2n) is 2.54. The van der Waals surface area contributed by atoms with Gasteiger partial charge in [-0.1, -0.05) is 0 Å². The lowest BCUT2D eigenvalue weighted by atomic mass is 10.1. The summed E-state index contributed by atoms with van der Waals surface area (Å²) < 4.78 is 29.6. The molecule has 0 aromatic heterocycles. The van der Waals surface area contributed by atoms with Gasteiger partial charge >= 0.3 is 4.83 Å². The monoisotopic (exact) mass is 230 g/mol. The van der Waals surface area contributed by atoms with Crippen molar-refractivity contribution in [3.63, 3.8) is 0 Å². The zero-order valence-electron chi connectivity index (χ0n) is 5.77. The van der Waals surface area contributed by atoms with Crippen molar-refractivity contribution in [1.82, 2.24) is 0 Å². The molecule has 0 spiro atoms. The first-order chi connectivity index (χ1) is 5.02. The van der Waals surface area contributed by atoms with Crippen molar-refractivity contribution < 1.29 is 18.6 Å². The van der Waals surface area contributed by atoms with E-state index in [4.69, 9.17) is 9.84 Å². The average Bonchev–Trinajstić information content (AvgIpc) is 2.34. The Hall–Kier alpha value is 0.260. The van der Waals surface area contributed by atoms with Crippen molar-refractivity contribution >= 4 is 15.9 Å². The van der Waals surface area contributed by atoms with Gasteiger partial charge in [0.05, 0.1) is 6.10 Å². The molecular formula is C6H9BrF2O2. The Kier molecular flexibility index (Phi) is 2.83. The maximum Gasteiger partial charge on any atom is 0.329 e. The van der Waals surface area contributed by atoms with E-state index in [0.29, 0.717) is 13.0 Å². The van der Waals surface area contributed by atoms with Crippen LogP contribution in [0.4, 0.5) is 8.78 Å². The van der Waals surface area contributed by atoms with Gasteiger partial charge in [-0.2, -0.15) is 8.78 Å². The number of ether oxygens (including phenoxy) is 1. The number of hydrogen-bond acceptors (Lipinski definition) is 2. The van der Waals surface area contributed by atoms with Crippen LogP contribution in [0, 0.1) is 0 Å². The zero-order valence-corrected chi connectivity index (χ0v) is 7.35. The smallest absolute Gasteiger partial charge is 0.329 e. The van der Waals surface area contributed by atoms with E-state index in [1.807, 2.05) is 0 Å². The third-order valence-corrected chi connectivity index (χ3v) is 2.12. The summed E-state index contributed by atoms with van der Waals surface area (Å²) in [5, 5.41) is 8.96. The molecule has 1 N–H and O–H groups in total. The summed E-state index contributed by atoms with van der Waals surface area (Å²) in [4.78, 5) is -3.23. The van der Waals surface area contributed by atoms with E-state index < -0.39 is 17.0 Å². The van der Waals surface area contributed by atoms with E-state index in [1.54, 1.807) is 0 Å². The van der Waals surface area contributed by atoms with E-state index in [9.17, 15) is 8.78 Å². The Morgan fingerprint density at radius 1 is 1.64 bits per heavy atom. The molecule has 0 aliphatic carbocycles. The van der Waals surface area contributed by atoms with Gasteiger partial charge in [0.2, 0.25) is 0 Å². The first-order valence-electron chi connectivity index (χ1n) is 3.38. The number of halogens is 3. The summed E-state index contributed by atoms with van der Waals surface area (Å²) >= 11 is 2.09. The summed E-state index contributed by atoms with van der Waals surface area (Å²) in [7, 11) is 0. The molecule has 1 aliphatic rings. The maximum absolute atomic E-state index is 12.4. The predicted molar refractivity (Wildman–Crippen MR) is 38.9 cm³/mol. The van der Waals surface area contributed by atoms with Crippen molar-refractivity contribution in [3.05, 3.63) is 0 Å². The van der Waals surface area contributed by atoms with E-state index in [1.165, 1.54) is 0 Å².